The van der Waals surface area contributed by atoms with Gasteiger partial charge in [0.25, 0.3) is 0 Å². The number of alkyl halides is 3. The quantitative estimate of drug-likeness (QED) is 0.841. The summed E-state index contributed by atoms with van der Waals surface area (Å²) in [6, 6.07) is 12.5. The molecule has 2 aromatic rings. The second kappa shape index (κ2) is 7.87. The van der Waals surface area contributed by atoms with Crippen LogP contribution in [0.4, 0.5) is 29.3 Å². The van der Waals surface area contributed by atoms with Crippen molar-refractivity contribution in [3.05, 3.63) is 59.7 Å². The fourth-order valence-corrected chi connectivity index (χ4v) is 2.95. The van der Waals surface area contributed by atoms with Crippen molar-refractivity contribution in [2.75, 3.05) is 23.3 Å². The lowest BCUT2D eigenvalue weighted by molar-refractivity contribution is -0.137. The Kier molecular flexibility index (Phi) is 5.55. The van der Waals surface area contributed by atoms with Gasteiger partial charge in [0.2, 0.25) is 0 Å². The Morgan fingerprint density at radius 2 is 1.96 bits per heavy atom. The number of carbonyl (C=O) groups is 1. The minimum atomic E-state index is -4.59. The Hall–Kier alpha value is -2.74. The van der Waals surface area contributed by atoms with Crippen molar-refractivity contribution in [1.82, 2.24) is 0 Å². The zero-order valence-corrected chi connectivity index (χ0v) is 14.4. The van der Waals surface area contributed by atoms with Crippen LogP contribution < -0.4 is 10.2 Å². The van der Waals surface area contributed by atoms with Crippen LogP contribution in [0.15, 0.2) is 48.5 Å². The van der Waals surface area contributed by atoms with Gasteiger partial charge >= 0.3 is 12.3 Å². The molecular formula is C19H19F3N2O3. The van der Waals surface area contributed by atoms with Crippen molar-refractivity contribution < 1.29 is 27.8 Å². The smallest absolute Gasteiger partial charge is 0.418 e. The molecule has 8 heteroatoms. The van der Waals surface area contributed by atoms with Gasteiger partial charge in [-0.15, -0.1) is 0 Å². The number of carbonyl (C=O) groups excluding carboxylic acids is 1. The van der Waals surface area contributed by atoms with Gasteiger partial charge in [-0.05, 0) is 30.2 Å². The summed E-state index contributed by atoms with van der Waals surface area (Å²) >= 11 is 0. The molecule has 2 aromatic carbocycles. The predicted molar refractivity (Wildman–Crippen MR) is 94.5 cm³/mol. The molecule has 1 heterocycles. The Balaban J connectivity index is 1.71. The SMILES string of the molecule is O=C(Nc1ccc(N2CCC(O)C2)c(C(F)(F)F)c1)OCc1ccccc1. The van der Waals surface area contributed by atoms with Crippen molar-refractivity contribution in [2.45, 2.75) is 25.3 Å². The molecule has 1 fully saturated rings. The van der Waals surface area contributed by atoms with Crippen molar-refractivity contribution in [1.29, 1.82) is 0 Å². The highest BCUT2D eigenvalue weighted by Crippen LogP contribution is 2.39. The first-order valence-corrected chi connectivity index (χ1v) is 8.45. The number of anilines is 2. The second-order valence-electron chi connectivity index (χ2n) is 6.30. The molecule has 0 spiro atoms. The molecule has 0 aromatic heterocycles. The topological polar surface area (TPSA) is 61.8 Å². The van der Waals surface area contributed by atoms with E-state index in [4.69, 9.17) is 4.74 Å². The Morgan fingerprint density at radius 1 is 1.22 bits per heavy atom. The molecule has 3 rings (SSSR count). The maximum Gasteiger partial charge on any atom is 0.418 e. The van der Waals surface area contributed by atoms with Gasteiger partial charge in [-0.25, -0.2) is 4.79 Å². The fraction of sp³-hybridized carbons (Fsp3) is 0.316. The van der Waals surface area contributed by atoms with E-state index in [0.29, 0.717) is 13.0 Å². The zero-order chi connectivity index (χ0) is 19.4. The largest absolute Gasteiger partial charge is 0.444 e. The highest BCUT2D eigenvalue weighted by Gasteiger charge is 2.36. The molecule has 27 heavy (non-hydrogen) atoms. The maximum absolute atomic E-state index is 13.5. The van der Waals surface area contributed by atoms with Gasteiger partial charge in [0.1, 0.15) is 6.61 Å². The maximum atomic E-state index is 13.5. The monoisotopic (exact) mass is 380 g/mol. The Bertz CT molecular complexity index is 797. The van der Waals surface area contributed by atoms with E-state index >= 15 is 0 Å². The molecular weight excluding hydrogens is 361 g/mol. The molecule has 2 N–H and O–H groups in total. The standard InChI is InChI=1S/C19H19F3N2O3/c20-19(21,22)16-10-14(6-7-17(16)24-9-8-15(25)11-24)23-18(26)27-12-13-4-2-1-3-5-13/h1-7,10,15,25H,8-9,11-12H2,(H,23,26). The first kappa shape index (κ1) is 19.0. The molecule has 0 bridgehead atoms. The van der Waals surface area contributed by atoms with E-state index in [1.807, 2.05) is 6.07 Å². The first-order chi connectivity index (χ1) is 12.8. The fourth-order valence-electron chi connectivity index (χ4n) is 2.95. The molecule has 1 saturated heterocycles. The third kappa shape index (κ3) is 4.91. The van der Waals surface area contributed by atoms with Gasteiger partial charge in [-0.1, -0.05) is 30.3 Å². The van der Waals surface area contributed by atoms with E-state index in [-0.39, 0.29) is 24.5 Å². The number of hydrogen-bond donors (Lipinski definition) is 2. The lowest BCUT2D eigenvalue weighted by Crippen LogP contribution is -2.24. The van der Waals surface area contributed by atoms with E-state index in [1.54, 1.807) is 24.3 Å². The lowest BCUT2D eigenvalue weighted by atomic mass is 10.1. The van der Waals surface area contributed by atoms with Crippen molar-refractivity contribution >= 4 is 17.5 Å². The van der Waals surface area contributed by atoms with Crippen LogP contribution in [0.3, 0.4) is 0 Å². The van der Waals surface area contributed by atoms with E-state index in [9.17, 15) is 23.1 Å². The number of amides is 1. The summed E-state index contributed by atoms with van der Waals surface area (Å²) in [6.45, 7) is 0.508. The molecule has 1 aliphatic rings. The molecule has 1 atom stereocenters. The van der Waals surface area contributed by atoms with E-state index in [1.165, 1.54) is 17.0 Å². The summed E-state index contributed by atoms with van der Waals surface area (Å²) in [5.41, 5.74) is -0.116. The number of ether oxygens (including phenoxy) is 1. The van der Waals surface area contributed by atoms with Gasteiger partial charge in [0.05, 0.1) is 11.7 Å². The Morgan fingerprint density at radius 3 is 2.59 bits per heavy atom. The van der Waals surface area contributed by atoms with Crippen LogP contribution >= 0.6 is 0 Å². The van der Waals surface area contributed by atoms with Crippen molar-refractivity contribution in [3.8, 4) is 0 Å². The highest BCUT2D eigenvalue weighted by molar-refractivity contribution is 5.85. The molecule has 5 nitrogen and oxygen atoms in total. The van der Waals surface area contributed by atoms with Crippen LogP contribution in [0.1, 0.15) is 17.5 Å². The van der Waals surface area contributed by atoms with Gasteiger partial charge in [-0.3, -0.25) is 5.32 Å². The molecule has 1 aliphatic heterocycles. The highest BCUT2D eigenvalue weighted by atomic mass is 19.4. The van der Waals surface area contributed by atoms with Gasteiger partial charge in [0, 0.05) is 24.5 Å². The van der Waals surface area contributed by atoms with Crippen LogP contribution in [-0.4, -0.2) is 30.4 Å². The zero-order valence-electron chi connectivity index (χ0n) is 14.4. The number of halogens is 3. The average Bonchev–Trinajstić information content (AvgIpc) is 3.06. The summed E-state index contributed by atoms with van der Waals surface area (Å²) in [6.07, 6.45) is -5.65. The number of β-amino-alcohol motifs (C(OH)–C–C–N with tert-alkyl or cyclic N) is 1. The molecule has 1 unspecified atom stereocenters. The average molecular weight is 380 g/mol. The number of nitrogens with one attached hydrogen (secondary N) is 1. The molecule has 144 valence electrons. The Labute approximate surface area is 154 Å². The predicted octanol–water partition coefficient (Wildman–Crippen LogP) is 4.03. The number of nitrogens with zero attached hydrogens (tertiary/aromatic N) is 1. The second-order valence-corrected chi connectivity index (χ2v) is 6.30. The summed E-state index contributed by atoms with van der Waals surface area (Å²) in [4.78, 5) is 13.4. The lowest BCUT2D eigenvalue weighted by Gasteiger charge is -2.23. The van der Waals surface area contributed by atoms with Crippen LogP contribution in [0.2, 0.25) is 0 Å². The minimum absolute atomic E-state index is 0.0103. The van der Waals surface area contributed by atoms with E-state index in [0.717, 1.165) is 11.6 Å². The number of aliphatic hydroxyl groups excluding tert-OH is 1. The molecule has 1 amide bonds. The van der Waals surface area contributed by atoms with Crippen LogP contribution in [0.5, 0.6) is 0 Å². The third-order valence-corrected chi connectivity index (χ3v) is 4.27. The minimum Gasteiger partial charge on any atom is -0.444 e. The number of hydrogen-bond acceptors (Lipinski definition) is 4. The molecule has 0 saturated carbocycles. The number of aliphatic hydroxyl groups is 1. The third-order valence-electron chi connectivity index (χ3n) is 4.27. The van der Waals surface area contributed by atoms with Gasteiger partial charge in [-0.2, -0.15) is 13.2 Å². The summed E-state index contributed by atoms with van der Waals surface area (Å²) < 4.78 is 45.4. The normalized spacial score (nSPS) is 17.0. The van der Waals surface area contributed by atoms with Crippen molar-refractivity contribution in [2.24, 2.45) is 0 Å². The summed E-state index contributed by atoms with van der Waals surface area (Å²) in [5, 5.41) is 11.9. The van der Waals surface area contributed by atoms with Gasteiger partial charge in [0.15, 0.2) is 0 Å². The summed E-state index contributed by atoms with van der Waals surface area (Å²) in [7, 11) is 0. The molecule has 0 aliphatic carbocycles. The summed E-state index contributed by atoms with van der Waals surface area (Å²) in [5.74, 6) is 0. The van der Waals surface area contributed by atoms with Crippen molar-refractivity contribution in [3.63, 3.8) is 0 Å². The van der Waals surface area contributed by atoms with Gasteiger partial charge < -0.3 is 14.7 Å². The number of benzene rings is 2. The first-order valence-electron chi connectivity index (χ1n) is 8.45. The van der Waals surface area contributed by atoms with E-state index in [2.05, 4.69) is 5.32 Å². The van der Waals surface area contributed by atoms with Crippen LogP contribution in [0.25, 0.3) is 0 Å². The van der Waals surface area contributed by atoms with Crippen LogP contribution in [-0.2, 0) is 17.5 Å². The van der Waals surface area contributed by atoms with Crippen LogP contribution in [0, 0.1) is 0 Å². The molecule has 0 radical (unpaired) electrons. The number of rotatable bonds is 4. The van der Waals surface area contributed by atoms with E-state index < -0.39 is 23.9 Å².